The van der Waals surface area contributed by atoms with E-state index in [2.05, 4.69) is 15.6 Å². The van der Waals surface area contributed by atoms with E-state index in [4.69, 9.17) is 5.11 Å². The van der Waals surface area contributed by atoms with Gasteiger partial charge in [-0.15, -0.1) is 5.10 Å². The van der Waals surface area contributed by atoms with Crippen molar-refractivity contribution in [3.8, 4) is 5.69 Å². The predicted molar refractivity (Wildman–Crippen MR) is 79.8 cm³/mol. The van der Waals surface area contributed by atoms with Crippen molar-refractivity contribution in [2.24, 2.45) is 0 Å². The molecule has 0 fully saturated rings. The number of nitrogens with zero attached hydrogens (tertiary/aromatic N) is 3. The van der Waals surface area contributed by atoms with Gasteiger partial charge in [0.25, 0.3) is 5.91 Å². The van der Waals surface area contributed by atoms with Crippen LogP contribution >= 0.6 is 0 Å². The van der Waals surface area contributed by atoms with E-state index in [9.17, 15) is 9.59 Å². The van der Waals surface area contributed by atoms with Crippen LogP contribution in [-0.4, -0.2) is 38.0 Å². The van der Waals surface area contributed by atoms with Gasteiger partial charge in [-0.3, -0.25) is 4.79 Å². The predicted octanol–water partition coefficient (Wildman–Crippen LogP) is 1.64. The zero-order chi connectivity index (χ0) is 15.9. The first-order chi connectivity index (χ1) is 10.6. The number of unbranched alkanes of at least 4 members (excludes halogenated alkanes) is 1. The topological polar surface area (TPSA) is 97.1 Å². The first-order valence-electron chi connectivity index (χ1n) is 7.12. The molecule has 0 aliphatic rings. The smallest absolute Gasteiger partial charge is 0.326 e. The fourth-order valence-electron chi connectivity index (χ4n) is 2.04. The summed E-state index contributed by atoms with van der Waals surface area (Å²) < 4.78 is 1.53. The van der Waals surface area contributed by atoms with Crippen LogP contribution in [0.4, 0.5) is 0 Å². The van der Waals surface area contributed by atoms with Gasteiger partial charge in [-0.1, -0.05) is 31.0 Å². The number of benzene rings is 1. The third-order valence-electron chi connectivity index (χ3n) is 3.25. The van der Waals surface area contributed by atoms with E-state index in [1.807, 2.05) is 6.92 Å². The third kappa shape index (κ3) is 3.91. The Bertz CT molecular complexity index is 640. The van der Waals surface area contributed by atoms with Crippen LogP contribution in [0, 0.1) is 0 Å². The van der Waals surface area contributed by atoms with Gasteiger partial charge in [0.1, 0.15) is 6.04 Å². The Labute approximate surface area is 128 Å². The van der Waals surface area contributed by atoms with Crippen molar-refractivity contribution in [3.05, 3.63) is 42.2 Å². The molecule has 0 aliphatic heterocycles. The van der Waals surface area contributed by atoms with Gasteiger partial charge < -0.3 is 10.4 Å². The van der Waals surface area contributed by atoms with Crippen molar-refractivity contribution in [2.45, 2.75) is 32.2 Å². The molecule has 7 nitrogen and oxygen atoms in total. The molecule has 116 valence electrons. The Kier molecular flexibility index (Phi) is 5.24. The molecule has 1 heterocycles. The lowest BCUT2D eigenvalue weighted by Crippen LogP contribution is -2.40. The minimum atomic E-state index is -1.02. The monoisotopic (exact) mass is 302 g/mol. The van der Waals surface area contributed by atoms with Gasteiger partial charge in [0.2, 0.25) is 0 Å². The van der Waals surface area contributed by atoms with Crippen LogP contribution in [0.3, 0.4) is 0 Å². The van der Waals surface area contributed by atoms with Crippen LogP contribution < -0.4 is 5.32 Å². The molecule has 0 saturated carbocycles. The molecule has 2 rings (SSSR count). The maximum Gasteiger partial charge on any atom is 0.326 e. The molecule has 22 heavy (non-hydrogen) atoms. The van der Waals surface area contributed by atoms with Gasteiger partial charge in [0.15, 0.2) is 0 Å². The quantitative estimate of drug-likeness (QED) is 0.810. The summed E-state index contributed by atoms with van der Waals surface area (Å²) >= 11 is 0. The number of amides is 1. The lowest BCUT2D eigenvalue weighted by Gasteiger charge is -2.14. The third-order valence-corrected chi connectivity index (χ3v) is 3.25. The molecule has 0 bridgehead atoms. The van der Waals surface area contributed by atoms with Crippen LogP contribution in [-0.2, 0) is 4.79 Å². The van der Waals surface area contributed by atoms with Crippen LogP contribution in [0.25, 0.3) is 5.69 Å². The molecule has 2 aromatic rings. The summed E-state index contributed by atoms with van der Waals surface area (Å²) in [5.74, 6) is -1.43. The summed E-state index contributed by atoms with van der Waals surface area (Å²) in [5.41, 5.74) is 1.07. The normalized spacial score (nSPS) is 11.9. The van der Waals surface area contributed by atoms with E-state index in [0.717, 1.165) is 12.8 Å². The number of nitrogens with one attached hydrogen (secondary N) is 1. The van der Waals surface area contributed by atoms with Crippen molar-refractivity contribution in [1.82, 2.24) is 20.3 Å². The summed E-state index contributed by atoms with van der Waals surface area (Å²) in [4.78, 5) is 23.4. The minimum Gasteiger partial charge on any atom is -0.480 e. The number of hydrogen-bond acceptors (Lipinski definition) is 4. The lowest BCUT2D eigenvalue weighted by molar-refractivity contribution is -0.139. The number of rotatable bonds is 7. The largest absolute Gasteiger partial charge is 0.480 e. The standard InChI is InChI=1S/C15H18N4O3/c1-2-3-7-13(15(21)22)17-14(20)11-5-4-6-12(10-11)19-9-8-16-18-19/h4-6,8-10,13H,2-3,7H2,1H3,(H,17,20)(H,21,22)/t13-/m0/s1. The molecule has 0 aliphatic carbocycles. The van der Waals surface area contributed by atoms with Crippen molar-refractivity contribution in [2.75, 3.05) is 0 Å². The Balaban J connectivity index is 2.12. The highest BCUT2D eigenvalue weighted by Crippen LogP contribution is 2.10. The zero-order valence-electron chi connectivity index (χ0n) is 12.3. The maximum absolute atomic E-state index is 12.2. The Morgan fingerprint density at radius 2 is 2.23 bits per heavy atom. The number of hydrogen-bond donors (Lipinski definition) is 2. The summed E-state index contributed by atoms with van der Waals surface area (Å²) in [6.07, 6.45) is 5.24. The second kappa shape index (κ2) is 7.35. The van der Waals surface area contributed by atoms with Crippen LogP contribution in [0.2, 0.25) is 0 Å². The van der Waals surface area contributed by atoms with Crippen LogP contribution in [0.5, 0.6) is 0 Å². The van der Waals surface area contributed by atoms with Gasteiger partial charge in [0.05, 0.1) is 18.1 Å². The van der Waals surface area contributed by atoms with Gasteiger partial charge >= 0.3 is 5.97 Å². The van der Waals surface area contributed by atoms with E-state index in [1.165, 1.54) is 10.9 Å². The average molecular weight is 302 g/mol. The molecular formula is C15H18N4O3. The molecule has 1 atom stereocenters. The number of carbonyl (C=O) groups excluding carboxylic acids is 1. The molecule has 7 heteroatoms. The summed E-state index contributed by atoms with van der Waals surface area (Å²) in [6, 6.07) is 5.91. The van der Waals surface area contributed by atoms with Crippen molar-refractivity contribution in [3.63, 3.8) is 0 Å². The molecule has 2 N–H and O–H groups in total. The van der Waals surface area contributed by atoms with Crippen LogP contribution in [0.15, 0.2) is 36.7 Å². The van der Waals surface area contributed by atoms with Crippen molar-refractivity contribution < 1.29 is 14.7 Å². The zero-order valence-corrected chi connectivity index (χ0v) is 12.3. The average Bonchev–Trinajstić information content (AvgIpc) is 3.05. The summed E-state index contributed by atoms with van der Waals surface area (Å²) in [5, 5.41) is 19.3. The number of aliphatic carboxylic acids is 1. The Morgan fingerprint density at radius 3 is 2.86 bits per heavy atom. The second-order valence-electron chi connectivity index (χ2n) is 4.90. The van der Waals surface area contributed by atoms with Gasteiger partial charge in [-0.05, 0) is 24.6 Å². The fourth-order valence-corrected chi connectivity index (χ4v) is 2.04. The highest BCUT2D eigenvalue weighted by Gasteiger charge is 2.20. The van der Waals surface area contributed by atoms with Crippen molar-refractivity contribution >= 4 is 11.9 Å². The van der Waals surface area contributed by atoms with Gasteiger partial charge in [-0.2, -0.15) is 0 Å². The minimum absolute atomic E-state index is 0.385. The van der Waals surface area contributed by atoms with Crippen molar-refractivity contribution in [1.29, 1.82) is 0 Å². The molecule has 0 spiro atoms. The molecule has 1 aromatic heterocycles. The highest BCUT2D eigenvalue weighted by atomic mass is 16.4. The number of carboxylic acid groups (broad SMARTS) is 1. The Hall–Kier alpha value is -2.70. The first-order valence-corrected chi connectivity index (χ1v) is 7.12. The first kappa shape index (κ1) is 15.7. The summed E-state index contributed by atoms with van der Waals surface area (Å²) in [6.45, 7) is 1.97. The van der Waals surface area contributed by atoms with Crippen LogP contribution in [0.1, 0.15) is 36.5 Å². The molecule has 1 amide bonds. The highest BCUT2D eigenvalue weighted by molar-refractivity contribution is 5.97. The van der Waals surface area contributed by atoms with E-state index in [0.29, 0.717) is 17.7 Å². The lowest BCUT2D eigenvalue weighted by atomic mass is 10.1. The molecular weight excluding hydrogens is 284 g/mol. The van der Waals surface area contributed by atoms with E-state index >= 15 is 0 Å². The van der Waals surface area contributed by atoms with E-state index in [1.54, 1.807) is 30.5 Å². The number of carbonyl (C=O) groups is 2. The van der Waals surface area contributed by atoms with Gasteiger partial charge in [-0.25, -0.2) is 9.48 Å². The maximum atomic E-state index is 12.2. The second-order valence-corrected chi connectivity index (χ2v) is 4.90. The molecule has 0 unspecified atom stereocenters. The summed E-state index contributed by atoms with van der Waals surface area (Å²) in [7, 11) is 0. The number of carboxylic acids is 1. The molecule has 0 saturated heterocycles. The molecule has 0 radical (unpaired) electrons. The van der Waals surface area contributed by atoms with Gasteiger partial charge in [0, 0.05) is 5.56 Å². The Morgan fingerprint density at radius 1 is 1.41 bits per heavy atom. The molecule has 1 aromatic carbocycles. The number of aromatic nitrogens is 3. The van der Waals surface area contributed by atoms with E-state index in [-0.39, 0.29) is 0 Å². The SMILES string of the molecule is CCCC[C@H](NC(=O)c1cccc(-n2ccnn2)c1)C(=O)O. The fraction of sp³-hybridized carbons (Fsp3) is 0.333. The van der Waals surface area contributed by atoms with E-state index < -0.39 is 17.9 Å².